The molecule has 0 fully saturated rings. The average Bonchev–Trinajstić information content (AvgIpc) is 2.77. The molecule has 0 amide bonds. The SMILES string of the molecule is COC(=O)Cc1cc2ccc(F)cc2c(-c2ccc(Sc3ccccc3Cl)cc2)c1C. The van der Waals surface area contributed by atoms with E-state index in [1.807, 2.05) is 61.5 Å². The molecule has 4 rings (SSSR count). The maximum absolute atomic E-state index is 14.1. The third-order valence-corrected chi connectivity index (χ3v) is 6.77. The summed E-state index contributed by atoms with van der Waals surface area (Å²) in [6.45, 7) is 1.96. The van der Waals surface area contributed by atoms with Crippen LogP contribution in [0.4, 0.5) is 4.39 Å². The van der Waals surface area contributed by atoms with Gasteiger partial charge in [0.05, 0.1) is 18.6 Å². The predicted octanol–water partition coefficient (Wildman–Crippen LogP) is 7.47. The normalized spacial score (nSPS) is 11.0. The minimum atomic E-state index is -0.304. The van der Waals surface area contributed by atoms with Gasteiger partial charge in [-0.25, -0.2) is 4.39 Å². The molecule has 0 N–H and O–H groups in total. The van der Waals surface area contributed by atoms with Crippen molar-refractivity contribution in [2.24, 2.45) is 0 Å². The largest absolute Gasteiger partial charge is 0.469 e. The van der Waals surface area contributed by atoms with Crippen molar-refractivity contribution in [3.05, 3.63) is 94.8 Å². The van der Waals surface area contributed by atoms with Crippen molar-refractivity contribution < 1.29 is 13.9 Å². The number of esters is 1. The van der Waals surface area contributed by atoms with Crippen LogP contribution < -0.4 is 0 Å². The fourth-order valence-corrected chi connectivity index (χ4v) is 4.75. The van der Waals surface area contributed by atoms with Crippen LogP contribution in [0.5, 0.6) is 0 Å². The van der Waals surface area contributed by atoms with E-state index in [2.05, 4.69) is 0 Å². The van der Waals surface area contributed by atoms with Gasteiger partial charge in [0.15, 0.2) is 0 Å². The first-order valence-electron chi connectivity index (χ1n) is 9.77. The number of benzene rings is 4. The molecule has 0 bridgehead atoms. The molecule has 0 atom stereocenters. The molecule has 0 aliphatic heterocycles. The quantitative estimate of drug-likeness (QED) is 0.295. The van der Waals surface area contributed by atoms with E-state index in [4.69, 9.17) is 16.3 Å². The number of carbonyl (C=O) groups is 1. The molecule has 0 radical (unpaired) electrons. The molecule has 0 aromatic heterocycles. The molecule has 0 aliphatic rings. The van der Waals surface area contributed by atoms with Gasteiger partial charge >= 0.3 is 5.97 Å². The smallest absolute Gasteiger partial charge is 0.309 e. The van der Waals surface area contributed by atoms with Crippen molar-refractivity contribution in [2.45, 2.75) is 23.1 Å². The van der Waals surface area contributed by atoms with Crippen LogP contribution in [-0.4, -0.2) is 13.1 Å². The van der Waals surface area contributed by atoms with Crippen molar-refractivity contribution in [2.75, 3.05) is 7.11 Å². The molecular formula is C26H20ClFO2S. The second-order valence-electron chi connectivity index (χ2n) is 7.21. The Labute approximate surface area is 190 Å². The fourth-order valence-electron chi connectivity index (χ4n) is 3.66. The predicted molar refractivity (Wildman–Crippen MR) is 125 cm³/mol. The Balaban J connectivity index is 1.79. The molecule has 4 aromatic carbocycles. The van der Waals surface area contributed by atoms with E-state index in [1.165, 1.54) is 13.2 Å². The zero-order chi connectivity index (χ0) is 22.0. The summed E-state index contributed by atoms with van der Waals surface area (Å²) in [7, 11) is 1.38. The van der Waals surface area contributed by atoms with Crippen molar-refractivity contribution in [1.29, 1.82) is 0 Å². The van der Waals surface area contributed by atoms with Crippen molar-refractivity contribution >= 4 is 40.1 Å². The number of methoxy groups -OCH3 is 1. The molecule has 31 heavy (non-hydrogen) atoms. The number of rotatable bonds is 5. The second kappa shape index (κ2) is 9.13. The molecule has 0 unspecified atom stereocenters. The number of halogens is 2. The van der Waals surface area contributed by atoms with Gasteiger partial charge in [-0.05, 0) is 76.3 Å². The molecule has 0 spiro atoms. The van der Waals surface area contributed by atoms with Crippen LogP contribution in [0.3, 0.4) is 0 Å². The lowest BCUT2D eigenvalue weighted by Crippen LogP contribution is -2.06. The minimum absolute atomic E-state index is 0.170. The van der Waals surface area contributed by atoms with Crippen LogP contribution in [-0.2, 0) is 16.0 Å². The Morgan fingerprint density at radius 3 is 2.48 bits per heavy atom. The van der Waals surface area contributed by atoms with E-state index in [0.717, 1.165) is 42.8 Å². The van der Waals surface area contributed by atoms with Gasteiger partial charge in [-0.2, -0.15) is 0 Å². The number of hydrogen-bond acceptors (Lipinski definition) is 3. The average molecular weight is 451 g/mol. The first-order valence-corrected chi connectivity index (χ1v) is 11.0. The van der Waals surface area contributed by atoms with Gasteiger partial charge in [0, 0.05) is 9.79 Å². The van der Waals surface area contributed by atoms with Crippen molar-refractivity contribution in [3.63, 3.8) is 0 Å². The Morgan fingerprint density at radius 2 is 1.77 bits per heavy atom. The molecule has 0 saturated carbocycles. The topological polar surface area (TPSA) is 26.3 Å². The summed E-state index contributed by atoms with van der Waals surface area (Å²) in [5.74, 6) is -0.596. The monoisotopic (exact) mass is 450 g/mol. The number of ether oxygens (including phenoxy) is 1. The second-order valence-corrected chi connectivity index (χ2v) is 8.73. The van der Waals surface area contributed by atoms with E-state index in [9.17, 15) is 9.18 Å². The highest BCUT2D eigenvalue weighted by atomic mass is 35.5. The van der Waals surface area contributed by atoms with Gasteiger partial charge in [0.1, 0.15) is 5.82 Å². The van der Waals surface area contributed by atoms with Gasteiger partial charge in [0.2, 0.25) is 0 Å². The lowest BCUT2D eigenvalue weighted by atomic mass is 9.89. The summed E-state index contributed by atoms with van der Waals surface area (Å²) < 4.78 is 18.9. The number of carbonyl (C=O) groups excluding carboxylic acids is 1. The first-order chi connectivity index (χ1) is 15.0. The van der Waals surface area contributed by atoms with Gasteiger partial charge in [-0.3, -0.25) is 4.79 Å². The van der Waals surface area contributed by atoms with Crippen LogP contribution in [0.25, 0.3) is 21.9 Å². The van der Waals surface area contributed by atoms with Crippen LogP contribution in [0.15, 0.2) is 82.6 Å². The van der Waals surface area contributed by atoms with E-state index in [0.29, 0.717) is 5.02 Å². The van der Waals surface area contributed by atoms with Gasteiger partial charge in [-0.15, -0.1) is 0 Å². The third-order valence-electron chi connectivity index (χ3n) is 5.24. The van der Waals surface area contributed by atoms with Crippen LogP contribution in [0.2, 0.25) is 5.02 Å². The Morgan fingerprint density at radius 1 is 1.03 bits per heavy atom. The zero-order valence-electron chi connectivity index (χ0n) is 17.1. The van der Waals surface area contributed by atoms with Gasteiger partial charge < -0.3 is 4.74 Å². The molecule has 0 aliphatic carbocycles. The molecule has 156 valence electrons. The lowest BCUT2D eigenvalue weighted by Gasteiger charge is -2.16. The Hall–Kier alpha value is -2.82. The third kappa shape index (κ3) is 4.60. The van der Waals surface area contributed by atoms with Crippen molar-refractivity contribution in [3.8, 4) is 11.1 Å². The summed E-state index contributed by atoms with van der Waals surface area (Å²) in [6, 6.07) is 22.5. The summed E-state index contributed by atoms with van der Waals surface area (Å²) in [5, 5.41) is 2.41. The van der Waals surface area contributed by atoms with Gasteiger partial charge in [-0.1, -0.05) is 59.8 Å². The molecule has 4 aromatic rings. The number of fused-ring (bicyclic) bond motifs is 1. The summed E-state index contributed by atoms with van der Waals surface area (Å²) in [4.78, 5) is 14.0. The van der Waals surface area contributed by atoms with E-state index < -0.39 is 0 Å². The van der Waals surface area contributed by atoms with Crippen LogP contribution >= 0.6 is 23.4 Å². The Bertz CT molecular complexity index is 1270. The standard InChI is InChI=1S/C26H20ClFO2S/c1-16-19(14-25(29)30-2)13-18-7-10-20(28)15-22(18)26(16)17-8-11-21(12-9-17)31-24-6-4-3-5-23(24)27/h3-13,15H,14H2,1-2H3. The van der Waals surface area contributed by atoms with E-state index in [-0.39, 0.29) is 18.2 Å². The lowest BCUT2D eigenvalue weighted by molar-refractivity contribution is -0.139. The number of hydrogen-bond donors (Lipinski definition) is 0. The van der Waals surface area contributed by atoms with E-state index in [1.54, 1.807) is 23.9 Å². The summed E-state index contributed by atoms with van der Waals surface area (Å²) in [6.07, 6.45) is 0.170. The minimum Gasteiger partial charge on any atom is -0.469 e. The molecule has 0 heterocycles. The maximum atomic E-state index is 14.1. The first kappa shape index (κ1) is 21.4. The molecule has 5 heteroatoms. The highest BCUT2D eigenvalue weighted by Crippen LogP contribution is 2.38. The highest BCUT2D eigenvalue weighted by Gasteiger charge is 2.15. The Kier molecular flexibility index (Phi) is 6.30. The highest BCUT2D eigenvalue weighted by molar-refractivity contribution is 7.99. The summed E-state index contributed by atoms with van der Waals surface area (Å²) >= 11 is 7.87. The molecule has 2 nitrogen and oxygen atoms in total. The molecular weight excluding hydrogens is 431 g/mol. The molecule has 0 saturated heterocycles. The van der Waals surface area contributed by atoms with Crippen LogP contribution in [0, 0.1) is 12.7 Å². The summed E-state index contributed by atoms with van der Waals surface area (Å²) in [5.41, 5.74) is 3.69. The van der Waals surface area contributed by atoms with E-state index >= 15 is 0 Å². The fraction of sp³-hybridized carbons (Fsp3) is 0.115. The van der Waals surface area contributed by atoms with Crippen molar-refractivity contribution in [1.82, 2.24) is 0 Å². The zero-order valence-corrected chi connectivity index (χ0v) is 18.7. The maximum Gasteiger partial charge on any atom is 0.309 e. The van der Waals surface area contributed by atoms with Crippen LogP contribution in [0.1, 0.15) is 11.1 Å². The van der Waals surface area contributed by atoms with Gasteiger partial charge in [0.25, 0.3) is 0 Å².